The van der Waals surface area contributed by atoms with E-state index in [1.807, 2.05) is 40.3 Å². The second kappa shape index (κ2) is 15.7. The van der Waals surface area contributed by atoms with E-state index < -0.39 is 11.6 Å². The Bertz CT molecular complexity index is 1120. The summed E-state index contributed by atoms with van der Waals surface area (Å²) < 4.78 is 11.6. The molecule has 0 unspecified atom stereocenters. The summed E-state index contributed by atoms with van der Waals surface area (Å²) >= 11 is 12.7. The molecule has 39 heavy (non-hydrogen) atoms. The molecule has 0 aromatic heterocycles. The van der Waals surface area contributed by atoms with Crippen molar-refractivity contribution in [1.82, 2.24) is 9.80 Å². The van der Waals surface area contributed by atoms with Gasteiger partial charge in [0.25, 0.3) is 0 Å². The van der Waals surface area contributed by atoms with Crippen LogP contribution in [-0.4, -0.2) is 75.9 Å². The maximum atomic E-state index is 13.1. The fourth-order valence-electron chi connectivity index (χ4n) is 3.63. The zero-order valence-electron chi connectivity index (χ0n) is 22.6. The van der Waals surface area contributed by atoms with Crippen LogP contribution < -0.4 is 20.1 Å². The van der Waals surface area contributed by atoms with Crippen LogP contribution in [0.25, 0.3) is 0 Å². The highest BCUT2D eigenvalue weighted by Gasteiger charge is 2.34. The molecular weight excluding hydrogens is 563 g/mol. The highest BCUT2D eigenvalue weighted by atomic mass is 35.5. The smallest absolute Gasteiger partial charge is 0.224 e. The number of nitrogens with one attached hydrogen (secondary N) is 2. The number of ketones is 2. The third kappa shape index (κ3) is 9.74. The molecule has 11 heteroatoms. The summed E-state index contributed by atoms with van der Waals surface area (Å²) in [5, 5.41) is 5.37. The van der Waals surface area contributed by atoms with E-state index >= 15 is 0 Å². The van der Waals surface area contributed by atoms with Crippen molar-refractivity contribution in [3.63, 3.8) is 0 Å². The summed E-state index contributed by atoms with van der Waals surface area (Å²) in [6.45, 7) is 2.92. The summed E-state index contributed by atoms with van der Waals surface area (Å²) in [4.78, 5) is 30.3. The molecule has 1 aliphatic carbocycles. The summed E-state index contributed by atoms with van der Waals surface area (Å²) in [5.41, 5.74) is 0.915. The molecule has 0 amide bonds. The van der Waals surface area contributed by atoms with E-state index in [1.54, 1.807) is 36.4 Å². The number of anilines is 2. The summed E-state index contributed by atoms with van der Waals surface area (Å²) in [5.74, 6) is 0.0834. The van der Waals surface area contributed by atoms with E-state index in [4.69, 9.17) is 32.7 Å². The quantitative estimate of drug-likeness (QED) is 0.223. The first-order chi connectivity index (χ1) is 18.2. The van der Waals surface area contributed by atoms with Gasteiger partial charge in [-0.25, -0.2) is 0 Å². The molecule has 1 aliphatic rings. The summed E-state index contributed by atoms with van der Waals surface area (Å²) in [6, 6.07) is 14.2. The van der Waals surface area contributed by atoms with Gasteiger partial charge >= 0.3 is 0 Å². The van der Waals surface area contributed by atoms with Gasteiger partial charge in [-0.1, -0.05) is 35.3 Å². The summed E-state index contributed by atoms with van der Waals surface area (Å²) in [7, 11) is 8.02. The van der Waals surface area contributed by atoms with Crippen molar-refractivity contribution < 1.29 is 19.1 Å². The minimum Gasteiger partial charge on any atom is -0.493 e. The van der Waals surface area contributed by atoms with E-state index in [-0.39, 0.29) is 33.9 Å². The Morgan fingerprint density at radius 1 is 0.692 bits per heavy atom. The van der Waals surface area contributed by atoms with E-state index in [0.717, 1.165) is 25.9 Å². The molecule has 2 aromatic rings. The molecule has 0 atom stereocenters. The molecular formula is C28H35Cl3N4O4. The van der Waals surface area contributed by atoms with Gasteiger partial charge < -0.3 is 29.9 Å². The van der Waals surface area contributed by atoms with Gasteiger partial charge in [0.2, 0.25) is 11.6 Å². The van der Waals surface area contributed by atoms with E-state index in [1.165, 1.54) is 0 Å². The normalized spacial score (nSPS) is 13.6. The van der Waals surface area contributed by atoms with E-state index in [2.05, 4.69) is 20.4 Å². The zero-order valence-corrected chi connectivity index (χ0v) is 24.9. The molecule has 0 saturated carbocycles. The number of ether oxygens (including phenoxy) is 2. The van der Waals surface area contributed by atoms with Crippen molar-refractivity contribution in [2.24, 2.45) is 0 Å². The lowest BCUT2D eigenvalue weighted by Gasteiger charge is -2.20. The van der Waals surface area contributed by atoms with Crippen LogP contribution in [0.2, 0.25) is 0 Å². The van der Waals surface area contributed by atoms with Gasteiger partial charge in [-0.2, -0.15) is 0 Å². The van der Waals surface area contributed by atoms with Crippen molar-refractivity contribution in [1.29, 1.82) is 0 Å². The Morgan fingerprint density at radius 2 is 1.08 bits per heavy atom. The van der Waals surface area contributed by atoms with Gasteiger partial charge in [0.05, 0.1) is 13.2 Å². The second-order valence-electron chi connectivity index (χ2n) is 9.35. The lowest BCUT2D eigenvalue weighted by molar-refractivity contribution is -0.115. The Balaban J connectivity index is 0.00000533. The minimum absolute atomic E-state index is 0. The van der Waals surface area contributed by atoms with Crippen LogP contribution in [0.15, 0.2) is 70.0 Å². The van der Waals surface area contributed by atoms with Gasteiger partial charge in [0, 0.05) is 36.6 Å². The van der Waals surface area contributed by atoms with Gasteiger partial charge in [0.1, 0.15) is 33.0 Å². The molecule has 0 radical (unpaired) electrons. The predicted octanol–water partition coefficient (Wildman–Crippen LogP) is 5.35. The van der Waals surface area contributed by atoms with Crippen LogP contribution in [0.5, 0.6) is 11.5 Å². The zero-order chi connectivity index (χ0) is 27.7. The Morgan fingerprint density at radius 3 is 1.44 bits per heavy atom. The number of nitrogens with zero attached hydrogens (tertiary/aromatic N) is 2. The first-order valence-electron chi connectivity index (χ1n) is 12.3. The Labute approximate surface area is 246 Å². The van der Waals surface area contributed by atoms with Gasteiger partial charge in [-0.3, -0.25) is 9.59 Å². The Hall–Kier alpha value is -2.75. The van der Waals surface area contributed by atoms with Crippen molar-refractivity contribution in [3.8, 4) is 11.5 Å². The first-order valence-corrected chi connectivity index (χ1v) is 13.1. The largest absolute Gasteiger partial charge is 0.493 e. The second-order valence-corrected chi connectivity index (χ2v) is 10.1. The average Bonchev–Trinajstić information content (AvgIpc) is 2.89. The molecule has 0 heterocycles. The Kier molecular flexibility index (Phi) is 13.1. The van der Waals surface area contributed by atoms with Crippen LogP contribution in [0.4, 0.5) is 11.4 Å². The first kappa shape index (κ1) is 32.5. The third-order valence-electron chi connectivity index (χ3n) is 5.54. The maximum Gasteiger partial charge on any atom is 0.224 e. The van der Waals surface area contributed by atoms with Crippen molar-refractivity contribution in [3.05, 3.63) is 70.0 Å². The van der Waals surface area contributed by atoms with Crippen LogP contribution in [0.3, 0.4) is 0 Å². The molecule has 0 saturated heterocycles. The number of carbonyl (C=O) groups excluding carboxylic acids is 2. The average molecular weight is 598 g/mol. The number of hydrogen-bond acceptors (Lipinski definition) is 8. The molecule has 0 aliphatic heterocycles. The molecule has 0 fully saturated rings. The number of rotatable bonds is 14. The van der Waals surface area contributed by atoms with Crippen LogP contribution in [0, 0.1) is 0 Å². The highest BCUT2D eigenvalue weighted by molar-refractivity contribution is 6.56. The lowest BCUT2D eigenvalue weighted by atomic mass is 10.0. The molecule has 2 aromatic carbocycles. The number of allylic oxidation sites excluding steroid dienone is 2. The molecule has 8 nitrogen and oxygen atoms in total. The third-order valence-corrected chi connectivity index (χ3v) is 6.26. The van der Waals surface area contributed by atoms with Crippen LogP contribution in [0.1, 0.15) is 12.8 Å². The van der Waals surface area contributed by atoms with Gasteiger partial charge in [-0.05, 0) is 65.3 Å². The number of halogens is 3. The van der Waals surface area contributed by atoms with Crippen LogP contribution >= 0.6 is 35.6 Å². The molecule has 212 valence electrons. The predicted molar refractivity (Wildman–Crippen MR) is 160 cm³/mol. The molecule has 2 N–H and O–H groups in total. The highest BCUT2D eigenvalue weighted by Crippen LogP contribution is 2.32. The topological polar surface area (TPSA) is 83.1 Å². The number of benzene rings is 2. The molecule has 3 rings (SSSR count). The maximum absolute atomic E-state index is 13.1. The monoisotopic (exact) mass is 596 g/mol. The van der Waals surface area contributed by atoms with Gasteiger partial charge in [0.15, 0.2) is 0 Å². The fraction of sp³-hybridized carbons (Fsp3) is 0.357. The number of hydrogen-bond donors (Lipinski definition) is 2. The molecule has 0 spiro atoms. The van der Waals surface area contributed by atoms with Crippen LogP contribution in [-0.2, 0) is 9.59 Å². The van der Waals surface area contributed by atoms with Crippen molar-refractivity contribution >= 4 is 58.6 Å². The van der Waals surface area contributed by atoms with Gasteiger partial charge in [-0.15, -0.1) is 12.4 Å². The van der Waals surface area contributed by atoms with Crippen molar-refractivity contribution in [2.75, 3.05) is 65.1 Å². The van der Waals surface area contributed by atoms with E-state index in [0.29, 0.717) is 36.1 Å². The van der Waals surface area contributed by atoms with E-state index in [9.17, 15) is 9.59 Å². The minimum atomic E-state index is -0.591. The standard InChI is InChI=1S/C28H34Cl2N4O4.ClH/c1-33(2)13-7-15-37-21-11-5-9-19(17-21)31-25-23(29)28(36)26(24(30)27(25)35)32-20-10-6-12-22(18-20)38-16-8-14-34(3)4;/h5-6,9-12,17-18,31-32H,7-8,13-16H2,1-4H3;1H. The van der Waals surface area contributed by atoms with Crippen molar-refractivity contribution in [2.45, 2.75) is 12.8 Å². The molecule has 0 bridgehead atoms. The number of carbonyl (C=O) groups is 2. The summed E-state index contributed by atoms with van der Waals surface area (Å²) in [6.07, 6.45) is 1.74. The number of Topliss-reactive ketones (excluding diaryl/α,β-unsaturated/α-hetero) is 2. The fourth-order valence-corrected chi connectivity index (χ4v) is 4.08. The lowest BCUT2D eigenvalue weighted by Crippen LogP contribution is -2.27. The SMILES string of the molecule is CN(C)CCCOc1cccc(NC2=C(Cl)C(=O)C(Nc3cccc(OCCCN(C)C)c3)=C(Cl)C2=O)c1.Cl.